The Kier molecular flexibility index (Phi) is 5.53. The van der Waals surface area contributed by atoms with Crippen LogP contribution in [0.2, 0.25) is 0 Å². The lowest BCUT2D eigenvalue weighted by atomic mass is 9.82. The number of fused-ring (bicyclic) bond motifs is 2. The van der Waals surface area contributed by atoms with Gasteiger partial charge in [-0.05, 0) is 73.5 Å². The molecule has 28 heavy (non-hydrogen) atoms. The predicted octanol–water partition coefficient (Wildman–Crippen LogP) is 3.83. The molecule has 5 nitrogen and oxygen atoms in total. The fraction of sp³-hybridized carbons (Fsp3) is 0.435. The lowest BCUT2D eigenvalue weighted by Crippen LogP contribution is -2.29. The van der Waals surface area contributed by atoms with E-state index < -0.39 is 0 Å². The molecule has 2 aromatic rings. The summed E-state index contributed by atoms with van der Waals surface area (Å²) in [6.45, 7) is 2.29. The zero-order valence-electron chi connectivity index (χ0n) is 16.7. The summed E-state index contributed by atoms with van der Waals surface area (Å²) in [6.07, 6.45) is 4.52. The minimum atomic E-state index is -0.246. The summed E-state index contributed by atoms with van der Waals surface area (Å²) in [7, 11) is 3.96. The number of ether oxygens (including phenoxy) is 2. The average molecular weight is 380 g/mol. The van der Waals surface area contributed by atoms with Crippen molar-refractivity contribution < 1.29 is 14.3 Å². The third kappa shape index (κ3) is 3.85. The summed E-state index contributed by atoms with van der Waals surface area (Å²) in [6, 6.07) is 12.4. The quantitative estimate of drug-likeness (QED) is 0.772. The van der Waals surface area contributed by atoms with E-state index in [-0.39, 0.29) is 12.7 Å². The van der Waals surface area contributed by atoms with Gasteiger partial charge in [0, 0.05) is 13.1 Å². The van der Waals surface area contributed by atoms with Crippen molar-refractivity contribution in [3.05, 3.63) is 58.7 Å². The van der Waals surface area contributed by atoms with Gasteiger partial charge in [-0.2, -0.15) is 0 Å². The van der Waals surface area contributed by atoms with E-state index in [2.05, 4.69) is 41.5 Å². The summed E-state index contributed by atoms with van der Waals surface area (Å²) in [5.41, 5.74) is 5.58. The van der Waals surface area contributed by atoms with Crippen LogP contribution in [-0.4, -0.2) is 44.8 Å². The predicted molar refractivity (Wildman–Crippen MR) is 110 cm³/mol. The molecular weight excluding hydrogens is 352 g/mol. The normalized spacial score (nSPS) is 18.1. The zero-order valence-corrected chi connectivity index (χ0v) is 16.7. The number of hydrogen-bond acceptors (Lipinski definition) is 5. The first-order valence-electron chi connectivity index (χ1n) is 10.0. The van der Waals surface area contributed by atoms with E-state index >= 15 is 0 Å². The maximum atomic E-state index is 11.8. The monoisotopic (exact) mass is 380 g/mol. The minimum absolute atomic E-state index is 0.246. The van der Waals surface area contributed by atoms with Gasteiger partial charge in [-0.1, -0.05) is 18.2 Å². The molecule has 148 valence electrons. The molecule has 0 amide bonds. The molecule has 1 aliphatic heterocycles. The molecule has 4 rings (SSSR count). The number of methoxy groups -OCH3 is 1. The van der Waals surface area contributed by atoms with Gasteiger partial charge >= 0.3 is 5.97 Å². The SMILES string of the molecule is COc1cccc2c1CCCC2CN(C)CCc1ccc2c(c1)NCOC2=O. The van der Waals surface area contributed by atoms with Gasteiger partial charge in [0.1, 0.15) is 5.75 Å². The molecule has 0 spiro atoms. The van der Waals surface area contributed by atoms with E-state index in [1.165, 1.54) is 29.5 Å². The van der Waals surface area contributed by atoms with Gasteiger partial charge in [0.05, 0.1) is 18.4 Å². The molecule has 1 N–H and O–H groups in total. The van der Waals surface area contributed by atoms with Crippen LogP contribution < -0.4 is 10.1 Å². The van der Waals surface area contributed by atoms with Crippen LogP contribution in [0.15, 0.2) is 36.4 Å². The van der Waals surface area contributed by atoms with Gasteiger partial charge in [-0.15, -0.1) is 0 Å². The highest BCUT2D eigenvalue weighted by Gasteiger charge is 2.24. The van der Waals surface area contributed by atoms with Crippen molar-refractivity contribution in [2.75, 3.05) is 39.3 Å². The summed E-state index contributed by atoms with van der Waals surface area (Å²) < 4.78 is 10.6. The minimum Gasteiger partial charge on any atom is -0.496 e. The molecule has 0 saturated carbocycles. The number of benzene rings is 2. The first kappa shape index (κ1) is 18.8. The van der Waals surface area contributed by atoms with Crippen LogP contribution in [-0.2, 0) is 17.6 Å². The van der Waals surface area contributed by atoms with E-state index in [1.54, 1.807) is 7.11 Å². The van der Waals surface area contributed by atoms with Crippen LogP contribution in [0.5, 0.6) is 5.75 Å². The second kappa shape index (κ2) is 8.23. The number of likely N-dealkylation sites (N-methyl/N-ethyl adjacent to an activating group) is 1. The van der Waals surface area contributed by atoms with Gasteiger partial charge < -0.3 is 19.7 Å². The molecule has 5 heteroatoms. The summed E-state index contributed by atoms with van der Waals surface area (Å²) in [4.78, 5) is 14.2. The number of carbonyl (C=O) groups excluding carboxylic acids is 1. The van der Waals surface area contributed by atoms with E-state index in [4.69, 9.17) is 9.47 Å². The zero-order chi connectivity index (χ0) is 19.5. The molecule has 0 bridgehead atoms. The van der Waals surface area contributed by atoms with E-state index in [0.29, 0.717) is 11.5 Å². The van der Waals surface area contributed by atoms with Crippen LogP contribution >= 0.6 is 0 Å². The van der Waals surface area contributed by atoms with Crippen molar-refractivity contribution in [3.8, 4) is 5.75 Å². The fourth-order valence-electron chi connectivity index (χ4n) is 4.41. The molecule has 1 unspecified atom stereocenters. The molecule has 0 saturated heterocycles. The number of anilines is 1. The van der Waals surface area contributed by atoms with Crippen molar-refractivity contribution in [1.29, 1.82) is 0 Å². The Morgan fingerprint density at radius 1 is 1.29 bits per heavy atom. The molecule has 1 heterocycles. The highest BCUT2D eigenvalue weighted by atomic mass is 16.5. The van der Waals surface area contributed by atoms with Crippen molar-refractivity contribution in [2.45, 2.75) is 31.6 Å². The molecule has 0 fully saturated rings. The van der Waals surface area contributed by atoms with Gasteiger partial charge in [0.15, 0.2) is 6.73 Å². The molecule has 1 aliphatic carbocycles. The maximum Gasteiger partial charge on any atom is 0.341 e. The summed E-state index contributed by atoms with van der Waals surface area (Å²) >= 11 is 0. The van der Waals surface area contributed by atoms with Gasteiger partial charge in [0.2, 0.25) is 0 Å². The molecule has 0 radical (unpaired) electrons. The highest BCUT2D eigenvalue weighted by molar-refractivity contribution is 5.97. The van der Waals surface area contributed by atoms with Gasteiger partial charge in [-0.3, -0.25) is 0 Å². The number of hydrogen-bond donors (Lipinski definition) is 1. The lowest BCUT2D eigenvalue weighted by molar-refractivity contribution is 0.0518. The average Bonchev–Trinajstić information content (AvgIpc) is 2.72. The molecule has 1 atom stereocenters. The van der Waals surface area contributed by atoms with Crippen molar-refractivity contribution in [3.63, 3.8) is 0 Å². The Hall–Kier alpha value is -2.53. The van der Waals surface area contributed by atoms with Crippen LogP contribution in [0.3, 0.4) is 0 Å². The Bertz CT molecular complexity index is 865. The summed E-state index contributed by atoms with van der Waals surface area (Å²) in [5, 5.41) is 3.14. The molecular formula is C23H28N2O3. The smallest absolute Gasteiger partial charge is 0.341 e. The standard InChI is InChI=1S/C23H28N2O3/c1-25(12-11-16-9-10-20-21(13-16)24-15-28-23(20)26)14-17-5-3-7-19-18(17)6-4-8-22(19)27-2/h4,6,8-10,13,17,24H,3,5,7,11-12,14-15H2,1-2H3. The topological polar surface area (TPSA) is 50.8 Å². The molecule has 2 aliphatic rings. The van der Waals surface area contributed by atoms with Crippen LogP contribution in [0, 0.1) is 0 Å². The first-order chi connectivity index (χ1) is 13.7. The van der Waals surface area contributed by atoms with E-state index in [9.17, 15) is 4.79 Å². The molecule has 0 aromatic heterocycles. The van der Waals surface area contributed by atoms with Crippen molar-refractivity contribution in [1.82, 2.24) is 4.90 Å². The van der Waals surface area contributed by atoms with Gasteiger partial charge in [0.25, 0.3) is 0 Å². The fourth-order valence-corrected chi connectivity index (χ4v) is 4.41. The number of nitrogens with zero attached hydrogens (tertiary/aromatic N) is 1. The molecule has 2 aromatic carbocycles. The first-order valence-corrected chi connectivity index (χ1v) is 10.0. The number of cyclic esters (lactones) is 1. The number of rotatable bonds is 6. The van der Waals surface area contributed by atoms with E-state index in [0.717, 1.165) is 37.4 Å². The third-order valence-electron chi connectivity index (χ3n) is 5.89. The largest absolute Gasteiger partial charge is 0.496 e. The third-order valence-corrected chi connectivity index (χ3v) is 5.89. The Balaban J connectivity index is 1.38. The lowest BCUT2D eigenvalue weighted by Gasteiger charge is -2.30. The summed E-state index contributed by atoms with van der Waals surface area (Å²) in [5.74, 6) is 1.34. The Labute approximate surface area is 166 Å². The highest BCUT2D eigenvalue weighted by Crippen LogP contribution is 2.36. The number of carbonyl (C=O) groups is 1. The maximum absolute atomic E-state index is 11.8. The Morgan fingerprint density at radius 2 is 2.18 bits per heavy atom. The van der Waals surface area contributed by atoms with Crippen molar-refractivity contribution >= 4 is 11.7 Å². The van der Waals surface area contributed by atoms with E-state index in [1.807, 2.05) is 12.1 Å². The Morgan fingerprint density at radius 3 is 3.04 bits per heavy atom. The second-order valence-corrected chi connectivity index (χ2v) is 7.76. The van der Waals surface area contributed by atoms with Crippen LogP contribution in [0.1, 0.15) is 45.8 Å². The van der Waals surface area contributed by atoms with Crippen LogP contribution in [0.4, 0.5) is 5.69 Å². The van der Waals surface area contributed by atoms with Crippen molar-refractivity contribution in [2.24, 2.45) is 0 Å². The second-order valence-electron chi connectivity index (χ2n) is 7.76. The number of esters is 1. The number of nitrogens with one attached hydrogen (secondary N) is 1. The van der Waals surface area contributed by atoms with Crippen LogP contribution in [0.25, 0.3) is 0 Å². The van der Waals surface area contributed by atoms with Gasteiger partial charge in [-0.25, -0.2) is 4.79 Å².